The molecule has 1 atom stereocenters. The maximum absolute atomic E-state index is 12.5. The monoisotopic (exact) mass is 345 g/mol. The van der Waals surface area contributed by atoms with Crippen LogP contribution in [-0.2, 0) is 16.1 Å². The number of nitrogens with zero attached hydrogens (tertiary/aromatic N) is 1. The summed E-state index contributed by atoms with van der Waals surface area (Å²) in [7, 11) is 0. The van der Waals surface area contributed by atoms with Crippen LogP contribution in [0.15, 0.2) is 30.3 Å². The van der Waals surface area contributed by atoms with Crippen LogP contribution in [0.25, 0.3) is 0 Å². The van der Waals surface area contributed by atoms with Gasteiger partial charge in [-0.1, -0.05) is 51.1 Å². The molecule has 1 aliphatic rings. The Bertz CT molecular complexity index is 552. The minimum atomic E-state index is -0.0679. The number of ether oxygens (including phenoxy) is 1. The molecule has 1 aromatic rings. The largest absolute Gasteiger partial charge is 0.376 e. The first kappa shape index (κ1) is 20.0. The third-order valence-corrected chi connectivity index (χ3v) is 5.85. The van der Waals surface area contributed by atoms with E-state index < -0.39 is 0 Å². The molecular formula is C22H35NO2. The second-order valence-corrected chi connectivity index (χ2v) is 8.46. The summed E-state index contributed by atoms with van der Waals surface area (Å²) in [6.45, 7) is 13.4. The molecule has 0 N–H and O–H groups in total. The lowest BCUT2D eigenvalue weighted by Gasteiger charge is -2.48. The van der Waals surface area contributed by atoms with Crippen LogP contribution in [0.5, 0.6) is 0 Å². The van der Waals surface area contributed by atoms with E-state index in [1.54, 1.807) is 0 Å². The van der Waals surface area contributed by atoms with E-state index in [2.05, 4.69) is 39.8 Å². The molecule has 1 heterocycles. The van der Waals surface area contributed by atoms with Gasteiger partial charge in [-0.2, -0.15) is 0 Å². The molecule has 1 saturated heterocycles. The Morgan fingerprint density at radius 3 is 2.48 bits per heavy atom. The van der Waals surface area contributed by atoms with Crippen LogP contribution < -0.4 is 0 Å². The van der Waals surface area contributed by atoms with Crippen molar-refractivity contribution in [3.05, 3.63) is 35.9 Å². The Balaban J connectivity index is 2.10. The van der Waals surface area contributed by atoms with Crippen molar-refractivity contribution >= 4 is 5.91 Å². The Labute approximate surface area is 153 Å². The predicted octanol–water partition coefficient (Wildman–Crippen LogP) is 5.05. The van der Waals surface area contributed by atoms with Gasteiger partial charge in [-0.15, -0.1) is 0 Å². The Morgan fingerprint density at radius 1 is 1.24 bits per heavy atom. The summed E-state index contributed by atoms with van der Waals surface area (Å²) in [6.07, 6.45) is 3.77. The molecule has 1 amide bonds. The van der Waals surface area contributed by atoms with Crippen molar-refractivity contribution in [3.63, 3.8) is 0 Å². The predicted molar refractivity (Wildman–Crippen MR) is 103 cm³/mol. The van der Waals surface area contributed by atoms with E-state index in [4.69, 9.17) is 4.74 Å². The van der Waals surface area contributed by atoms with Gasteiger partial charge in [0.2, 0.25) is 5.91 Å². The molecule has 0 aliphatic carbocycles. The second-order valence-electron chi connectivity index (χ2n) is 8.46. The summed E-state index contributed by atoms with van der Waals surface area (Å²) in [5, 5.41) is 0. The summed E-state index contributed by atoms with van der Waals surface area (Å²) in [5.41, 5.74) is 1.39. The van der Waals surface area contributed by atoms with Crippen LogP contribution in [0.2, 0.25) is 0 Å². The van der Waals surface area contributed by atoms with Crippen molar-refractivity contribution < 1.29 is 9.53 Å². The molecule has 0 bridgehead atoms. The minimum Gasteiger partial charge on any atom is -0.376 e. The topological polar surface area (TPSA) is 29.5 Å². The zero-order valence-electron chi connectivity index (χ0n) is 16.7. The van der Waals surface area contributed by atoms with Gasteiger partial charge in [0, 0.05) is 26.1 Å². The zero-order chi connectivity index (χ0) is 18.5. The van der Waals surface area contributed by atoms with Gasteiger partial charge < -0.3 is 9.64 Å². The highest BCUT2D eigenvalue weighted by molar-refractivity contribution is 5.75. The van der Waals surface area contributed by atoms with E-state index >= 15 is 0 Å². The van der Waals surface area contributed by atoms with E-state index in [-0.39, 0.29) is 16.9 Å². The highest BCUT2D eigenvalue weighted by atomic mass is 16.5. The van der Waals surface area contributed by atoms with Crippen molar-refractivity contribution in [3.8, 4) is 0 Å². The first-order valence-electron chi connectivity index (χ1n) is 9.74. The molecule has 3 nitrogen and oxygen atoms in total. The summed E-state index contributed by atoms with van der Waals surface area (Å²) >= 11 is 0. The second kappa shape index (κ2) is 8.35. The lowest BCUT2D eigenvalue weighted by atomic mass is 9.65. The average molecular weight is 346 g/mol. The van der Waals surface area contributed by atoms with E-state index in [0.29, 0.717) is 18.9 Å². The SMILES string of the molecule is CCC(=O)N(CCC1(C(C)C)CCOC(C)(C)C1)Cc1ccccc1. The lowest BCUT2D eigenvalue weighted by Crippen LogP contribution is -2.46. The summed E-state index contributed by atoms with van der Waals surface area (Å²) in [4.78, 5) is 14.5. The molecule has 0 radical (unpaired) electrons. The van der Waals surface area contributed by atoms with Gasteiger partial charge in [0.15, 0.2) is 0 Å². The molecule has 140 valence electrons. The van der Waals surface area contributed by atoms with E-state index in [9.17, 15) is 4.79 Å². The molecule has 1 aliphatic heterocycles. The van der Waals surface area contributed by atoms with Crippen molar-refractivity contribution in [2.24, 2.45) is 11.3 Å². The quantitative estimate of drug-likeness (QED) is 0.692. The molecule has 0 spiro atoms. The molecule has 3 heteroatoms. The van der Waals surface area contributed by atoms with Gasteiger partial charge in [0.05, 0.1) is 5.60 Å². The first-order chi connectivity index (χ1) is 11.8. The van der Waals surface area contributed by atoms with Crippen LogP contribution in [0.4, 0.5) is 0 Å². The van der Waals surface area contributed by atoms with Crippen LogP contribution >= 0.6 is 0 Å². The number of rotatable bonds is 7. The van der Waals surface area contributed by atoms with Crippen molar-refractivity contribution in [1.29, 1.82) is 0 Å². The number of carbonyl (C=O) groups excluding carboxylic acids is 1. The molecule has 1 unspecified atom stereocenters. The van der Waals surface area contributed by atoms with Crippen LogP contribution in [-0.4, -0.2) is 29.6 Å². The molecule has 0 aromatic heterocycles. The third kappa shape index (κ3) is 5.31. The fourth-order valence-corrected chi connectivity index (χ4v) is 4.19. The summed E-state index contributed by atoms with van der Waals surface area (Å²) in [5.74, 6) is 0.833. The van der Waals surface area contributed by atoms with E-state index in [1.807, 2.05) is 30.0 Å². The maximum Gasteiger partial charge on any atom is 0.222 e. The average Bonchev–Trinajstić information content (AvgIpc) is 2.57. The highest BCUT2D eigenvalue weighted by Crippen LogP contribution is 2.47. The van der Waals surface area contributed by atoms with E-state index in [0.717, 1.165) is 32.4 Å². The van der Waals surface area contributed by atoms with Crippen LogP contribution in [0.1, 0.15) is 65.9 Å². The number of benzene rings is 1. The molecule has 1 fully saturated rings. The molecule has 1 aromatic carbocycles. The van der Waals surface area contributed by atoms with Gasteiger partial charge in [-0.05, 0) is 50.0 Å². The standard InChI is InChI=1S/C22H35NO2/c1-6-20(24)23(16-19-10-8-7-9-11-19)14-12-22(18(2)3)13-15-25-21(4,5)17-22/h7-11,18H,6,12-17H2,1-5H3. The van der Waals surface area contributed by atoms with Crippen LogP contribution in [0.3, 0.4) is 0 Å². The number of carbonyl (C=O) groups is 1. The summed E-state index contributed by atoms with van der Waals surface area (Å²) in [6, 6.07) is 10.3. The zero-order valence-corrected chi connectivity index (χ0v) is 16.7. The van der Waals surface area contributed by atoms with Gasteiger partial charge in [-0.3, -0.25) is 4.79 Å². The van der Waals surface area contributed by atoms with Crippen molar-refractivity contribution in [2.45, 2.75) is 72.4 Å². The molecule has 25 heavy (non-hydrogen) atoms. The Kier molecular flexibility index (Phi) is 6.67. The van der Waals surface area contributed by atoms with Gasteiger partial charge in [-0.25, -0.2) is 0 Å². The van der Waals surface area contributed by atoms with Crippen LogP contribution in [0, 0.1) is 11.3 Å². The third-order valence-electron chi connectivity index (χ3n) is 5.85. The summed E-state index contributed by atoms with van der Waals surface area (Å²) < 4.78 is 5.96. The Hall–Kier alpha value is -1.35. The van der Waals surface area contributed by atoms with Crippen molar-refractivity contribution in [1.82, 2.24) is 4.90 Å². The lowest BCUT2D eigenvalue weighted by molar-refractivity contribution is -0.135. The van der Waals surface area contributed by atoms with E-state index in [1.165, 1.54) is 5.56 Å². The minimum absolute atomic E-state index is 0.0679. The maximum atomic E-state index is 12.5. The first-order valence-corrected chi connectivity index (χ1v) is 9.74. The fraction of sp³-hybridized carbons (Fsp3) is 0.682. The van der Waals surface area contributed by atoms with Crippen molar-refractivity contribution in [2.75, 3.05) is 13.2 Å². The normalized spacial score (nSPS) is 22.8. The Morgan fingerprint density at radius 2 is 1.92 bits per heavy atom. The molecule has 2 rings (SSSR count). The molecular weight excluding hydrogens is 310 g/mol. The van der Waals surface area contributed by atoms with Gasteiger partial charge >= 0.3 is 0 Å². The smallest absolute Gasteiger partial charge is 0.222 e. The number of amides is 1. The number of hydrogen-bond acceptors (Lipinski definition) is 2. The fourth-order valence-electron chi connectivity index (χ4n) is 4.19. The molecule has 0 saturated carbocycles. The van der Waals surface area contributed by atoms with Gasteiger partial charge in [0.1, 0.15) is 0 Å². The van der Waals surface area contributed by atoms with Gasteiger partial charge in [0.25, 0.3) is 0 Å². The highest BCUT2D eigenvalue weighted by Gasteiger charge is 2.42. The number of hydrogen-bond donors (Lipinski definition) is 0.